The molecule has 7 nitrogen and oxygen atoms in total. The molecule has 0 amide bonds. The van der Waals surface area contributed by atoms with Crippen molar-refractivity contribution in [1.82, 2.24) is 25.0 Å². The van der Waals surface area contributed by atoms with Gasteiger partial charge in [0.2, 0.25) is 0 Å². The van der Waals surface area contributed by atoms with E-state index < -0.39 is 6.61 Å². The Morgan fingerprint density at radius 2 is 2.00 bits per heavy atom. The van der Waals surface area contributed by atoms with E-state index in [0.717, 1.165) is 0 Å². The zero-order valence-electron chi connectivity index (χ0n) is 12.0. The van der Waals surface area contributed by atoms with Crippen molar-refractivity contribution in [3.05, 3.63) is 53.8 Å². The van der Waals surface area contributed by atoms with Gasteiger partial charge in [-0.05, 0) is 12.1 Å². The molecule has 124 valence electrons. The van der Waals surface area contributed by atoms with Crippen molar-refractivity contribution >= 4 is 11.6 Å². The van der Waals surface area contributed by atoms with Crippen molar-refractivity contribution < 1.29 is 18.3 Å². The zero-order chi connectivity index (χ0) is 16.9. The molecule has 0 fully saturated rings. The van der Waals surface area contributed by atoms with E-state index in [1.807, 2.05) is 0 Å². The highest BCUT2D eigenvalue weighted by molar-refractivity contribution is 6.32. The Morgan fingerprint density at radius 3 is 2.75 bits per heavy atom. The Balaban J connectivity index is 1.73. The van der Waals surface area contributed by atoms with Crippen molar-refractivity contribution in [3.8, 4) is 17.2 Å². The van der Waals surface area contributed by atoms with Gasteiger partial charge in [0.15, 0.2) is 5.75 Å². The standard InChI is InChI=1S/C14H10ClF2N5O2/c15-12-2-1-10(3-13(12)24-14(16)17)22-6-9(20-21-22)7-23-11-4-18-8-19-5-11/h1-6,8,14H,7H2. The molecule has 0 atom stereocenters. The number of rotatable bonds is 6. The third-order valence-electron chi connectivity index (χ3n) is 2.86. The SMILES string of the molecule is FC(F)Oc1cc(-n2cc(COc3cncnc3)nn2)ccc1Cl. The summed E-state index contributed by atoms with van der Waals surface area (Å²) in [6, 6.07) is 4.39. The third-order valence-corrected chi connectivity index (χ3v) is 3.17. The van der Waals surface area contributed by atoms with E-state index in [-0.39, 0.29) is 17.4 Å². The van der Waals surface area contributed by atoms with Crippen molar-refractivity contribution in [3.63, 3.8) is 0 Å². The van der Waals surface area contributed by atoms with Crippen LogP contribution in [0.4, 0.5) is 8.78 Å². The van der Waals surface area contributed by atoms with Crippen LogP contribution in [-0.2, 0) is 6.61 Å². The Labute approximate surface area is 139 Å². The summed E-state index contributed by atoms with van der Waals surface area (Å²) in [5, 5.41) is 7.94. The molecule has 0 aliphatic carbocycles. The number of hydrogen-bond donors (Lipinski definition) is 0. The quantitative estimate of drug-likeness (QED) is 0.678. The van der Waals surface area contributed by atoms with Crippen LogP contribution in [0.1, 0.15) is 5.69 Å². The van der Waals surface area contributed by atoms with Gasteiger partial charge in [-0.3, -0.25) is 0 Å². The molecule has 2 heterocycles. The van der Waals surface area contributed by atoms with Crippen LogP contribution in [0, 0.1) is 0 Å². The molecule has 0 unspecified atom stereocenters. The predicted octanol–water partition coefficient (Wildman–Crippen LogP) is 2.89. The summed E-state index contributed by atoms with van der Waals surface area (Å²) >= 11 is 5.82. The highest BCUT2D eigenvalue weighted by atomic mass is 35.5. The second-order valence-electron chi connectivity index (χ2n) is 4.51. The minimum atomic E-state index is -2.97. The monoisotopic (exact) mass is 353 g/mol. The summed E-state index contributed by atoms with van der Waals surface area (Å²) in [5.74, 6) is 0.352. The molecule has 0 bridgehead atoms. The van der Waals surface area contributed by atoms with Crippen LogP contribution in [-0.4, -0.2) is 31.6 Å². The number of aromatic nitrogens is 5. The molecule has 10 heteroatoms. The number of benzene rings is 1. The predicted molar refractivity (Wildman–Crippen MR) is 79.4 cm³/mol. The fourth-order valence-electron chi connectivity index (χ4n) is 1.83. The highest BCUT2D eigenvalue weighted by Crippen LogP contribution is 2.28. The Morgan fingerprint density at radius 1 is 1.21 bits per heavy atom. The molecule has 0 aliphatic heterocycles. The summed E-state index contributed by atoms with van der Waals surface area (Å²) in [4.78, 5) is 7.65. The first-order valence-electron chi connectivity index (χ1n) is 6.65. The lowest BCUT2D eigenvalue weighted by atomic mass is 10.3. The van der Waals surface area contributed by atoms with Crippen LogP contribution < -0.4 is 9.47 Å². The smallest absolute Gasteiger partial charge is 0.387 e. The molecule has 0 aliphatic rings. The van der Waals surface area contributed by atoms with E-state index in [9.17, 15) is 8.78 Å². The van der Waals surface area contributed by atoms with Gasteiger partial charge in [-0.15, -0.1) is 5.10 Å². The van der Waals surface area contributed by atoms with Gasteiger partial charge in [0.25, 0.3) is 0 Å². The maximum Gasteiger partial charge on any atom is 0.387 e. The summed E-state index contributed by atoms with van der Waals surface area (Å²) in [5.41, 5.74) is 1.00. The van der Waals surface area contributed by atoms with E-state index in [0.29, 0.717) is 17.1 Å². The lowest BCUT2D eigenvalue weighted by Crippen LogP contribution is -2.03. The zero-order valence-corrected chi connectivity index (χ0v) is 12.8. The molecule has 0 N–H and O–H groups in total. The highest BCUT2D eigenvalue weighted by Gasteiger charge is 2.11. The van der Waals surface area contributed by atoms with Crippen molar-refractivity contribution in [2.24, 2.45) is 0 Å². The lowest BCUT2D eigenvalue weighted by Gasteiger charge is -2.08. The average Bonchev–Trinajstić information content (AvgIpc) is 3.04. The molecule has 3 aromatic rings. The summed E-state index contributed by atoms with van der Waals surface area (Å²) < 4.78 is 35.9. The van der Waals surface area contributed by atoms with Crippen molar-refractivity contribution in [2.45, 2.75) is 13.2 Å². The van der Waals surface area contributed by atoms with E-state index in [4.69, 9.17) is 16.3 Å². The van der Waals surface area contributed by atoms with Gasteiger partial charge in [-0.1, -0.05) is 16.8 Å². The first-order chi connectivity index (χ1) is 11.6. The van der Waals surface area contributed by atoms with Gasteiger partial charge in [0.1, 0.15) is 24.4 Å². The topological polar surface area (TPSA) is 75.0 Å². The molecule has 0 radical (unpaired) electrons. The molecular formula is C14H10ClF2N5O2. The molecule has 0 saturated carbocycles. The normalized spacial score (nSPS) is 10.8. The number of nitrogens with zero attached hydrogens (tertiary/aromatic N) is 5. The minimum absolute atomic E-state index is 0.0757. The second-order valence-corrected chi connectivity index (χ2v) is 4.92. The van der Waals surface area contributed by atoms with E-state index in [2.05, 4.69) is 25.0 Å². The van der Waals surface area contributed by atoms with Crippen LogP contribution in [0.2, 0.25) is 5.02 Å². The first-order valence-corrected chi connectivity index (χ1v) is 7.03. The fraction of sp³-hybridized carbons (Fsp3) is 0.143. The third kappa shape index (κ3) is 3.93. The van der Waals surface area contributed by atoms with Crippen molar-refractivity contribution in [2.75, 3.05) is 0 Å². The van der Waals surface area contributed by atoms with E-state index >= 15 is 0 Å². The molecule has 0 spiro atoms. The van der Waals surface area contributed by atoms with Crippen LogP contribution in [0.25, 0.3) is 5.69 Å². The van der Waals surface area contributed by atoms with Crippen LogP contribution in [0.5, 0.6) is 11.5 Å². The molecule has 0 saturated heterocycles. The molecule has 2 aromatic heterocycles. The summed E-state index contributed by atoms with van der Waals surface area (Å²) in [6.07, 6.45) is 6.02. The molecule has 3 rings (SSSR count). The summed E-state index contributed by atoms with van der Waals surface area (Å²) in [7, 11) is 0. The fourth-order valence-corrected chi connectivity index (χ4v) is 1.99. The first kappa shape index (κ1) is 16.1. The maximum atomic E-state index is 12.4. The Hall–Kier alpha value is -2.81. The number of alkyl halides is 2. The Kier molecular flexibility index (Phi) is 4.80. The van der Waals surface area contributed by atoms with Gasteiger partial charge >= 0.3 is 6.61 Å². The molecule has 24 heavy (non-hydrogen) atoms. The molecular weight excluding hydrogens is 344 g/mol. The van der Waals surface area contributed by atoms with Gasteiger partial charge in [0, 0.05) is 6.07 Å². The van der Waals surface area contributed by atoms with E-state index in [1.54, 1.807) is 12.3 Å². The van der Waals surface area contributed by atoms with Crippen LogP contribution in [0.3, 0.4) is 0 Å². The van der Waals surface area contributed by atoms with Gasteiger partial charge in [-0.2, -0.15) is 8.78 Å². The van der Waals surface area contributed by atoms with Crippen LogP contribution in [0.15, 0.2) is 43.1 Å². The van der Waals surface area contributed by atoms with E-state index in [1.165, 1.54) is 35.5 Å². The van der Waals surface area contributed by atoms with Gasteiger partial charge in [-0.25, -0.2) is 14.6 Å². The largest absolute Gasteiger partial charge is 0.484 e. The average molecular weight is 354 g/mol. The van der Waals surface area contributed by atoms with Gasteiger partial charge < -0.3 is 9.47 Å². The lowest BCUT2D eigenvalue weighted by molar-refractivity contribution is -0.0497. The summed E-state index contributed by atoms with van der Waals surface area (Å²) in [6.45, 7) is -2.81. The second kappa shape index (κ2) is 7.18. The van der Waals surface area contributed by atoms with Crippen LogP contribution >= 0.6 is 11.6 Å². The number of hydrogen-bond acceptors (Lipinski definition) is 6. The number of halogens is 3. The van der Waals surface area contributed by atoms with Gasteiger partial charge in [0.05, 0.1) is 29.3 Å². The van der Waals surface area contributed by atoms with Crippen molar-refractivity contribution in [1.29, 1.82) is 0 Å². The Bertz CT molecular complexity index is 816. The maximum absolute atomic E-state index is 12.4. The number of ether oxygens (including phenoxy) is 2. The minimum Gasteiger partial charge on any atom is -0.484 e. The molecule has 1 aromatic carbocycles.